The van der Waals surface area contributed by atoms with E-state index >= 15 is 0 Å². The van der Waals surface area contributed by atoms with Crippen LogP contribution in [0.15, 0.2) is 42.6 Å². The minimum atomic E-state index is 0.212. The van der Waals surface area contributed by atoms with Crippen LogP contribution < -0.4 is 19.7 Å². The van der Waals surface area contributed by atoms with E-state index in [1.807, 2.05) is 41.3 Å². The second kappa shape index (κ2) is 10.7. The standard InChI is InChI=1S/C22H30N4O3/c1-28-19-7-6-18(17-20(19)29-2)8-11-23-12-9-22(27)26-15-13-25(14-16-26)21-5-3-4-10-24-21/h3-7,10,17,23H,8-9,11-16H2,1-2H3. The Morgan fingerprint density at radius 1 is 1.03 bits per heavy atom. The molecule has 7 heteroatoms. The lowest BCUT2D eigenvalue weighted by molar-refractivity contribution is -0.131. The molecule has 1 aliphatic heterocycles. The molecule has 1 saturated heterocycles. The van der Waals surface area contributed by atoms with Gasteiger partial charge in [0.25, 0.3) is 0 Å². The molecule has 156 valence electrons. The van der Waals surface area contributed by atoms with E-state index in [2.05, 4.69) is 15.2 Å². The van der Waals surface area contributed by atoms with Crippen LogP contribution in [0, 0.1) is 0 Å². The van der Waals surface area contributed by atoms with E-state index in [0.717, 1.165) is 56.5 Å². The van der Waals surface area contributed by atoms with Crippen LogP contribution in [-0.4, -0.2) is 69.3 Å². The van der Waals surface area contributed by atoms with Crippen molar-refractivity contribution < 1.29 is 14.3 Å². The molecule has 0 bridgehead atoms. The molecule has 29 heavy (non-hydrogen) atoms. The molecule has 2 aromatic rings. The van der Waals surface area contributed by atoms with Gasteiger partial charge < -0.3 is 24.6 Å². The van der Waals surface area contributed by atoms with Crippen molar-refractivity contribution in [3.63, 3.8) is 0 Å². The molecule has 3 rings (SSSR count). The van der Waals surface area contributed by atoms with E-state index in [-0.39, 0.29) is 5.91 Å². The number of piperazine rings is 1. The summed E-state index contributed by atoms with van der Waals surface area (Å²) >= 11 is 0. The Bertz CT molecular complexity index is 777. The highest BCUT2D eigenvalue weighted by Crippen LogP contribution is 2.27. The summed E-state index contributed by atoms with van der Waals surface area (Å²) in [6.45, 7) is 4.66. The molecule has 1 N–H and O–H groups in total. The number of benzene rings is 1. The first-order chi connectivity index (χ1) is 14.2. The Labute approximate surface area is 172 Å². The summed E-state index contributed by atoms with van der Waals surface area (Å²) in [5.74, 6) is 2.67. The van der Waals surface area contributed by atoms with Crippen molar-refractivity contribution in [2.24, 2.45) is 0 Å². The Morgan fingerprint density at radius 3 is 2.52 bits per heavy atom. The van der Waals surface area contributed by atoms with Crippen LogP contribution in [0.3, 0.4) is 0 Å². The number of rotatable bonds is 9. The first-order valence-corrected chi connectivity index (χ1v) is 10.1. The fraction of sp³-hybridized carbons (Fsp3) is 0.455. The summed E-state index contributed by atoms with van der Waals surface area (Å²) < 4.78 is 10.6. The van der Waals surface area contributed by atoms with Crippen molar-refractivity contribution in [2.75, 3.05) is 58.4 Å². The highest BCUT2D eigenvalue weighted by atomic mass is 16.5. The van der Waals surface area contributed by atoms with Crippen LogP contribution in [-0.2, 0) is 11.2 Å². The van der Waals surface area contributed by atoms with Gasteiger partial charge in [-0.25, -0.2) is 4.98 Å². The number of carbonyl (C=O) groups excluding carboxylic acids is 1. The summed E-state index contributed by atoms with van der Waals surface area (Å²) in [6.07, 6.45) is 3.20. The molecule has 1 fully saturated rings. The topological polar surface area (TPSA) is 66.9 Å². The molecular weight excluding hydrogens is 368 g/mol. The average molecular weight is 399 g/mol. The van der Waals surface area contributed by atoms with Gasteiger partial charge in [-0.05, 0) is 42.8 Å². The minimum absolute atomic E-state index is 0.212. The van der Waals surface area contributed by atoms with Gasteiger partial charge in [0.2, 0.25) is 5.91 Å². The minimum Gasteiger partial charge on any atom is -0.493 e. The van der Waals surface area contributed by atoms with Crippen molar-refractivity contribution in [3.8, 4) is 11.5 Å². The highest BCUT2D eigenvalue weighted by Gasteiger charge is 2.21. The zero-order chi connectivity index (χ0) is 20.5. The van der Waals surface area contributed by atoms with Gasteiger partial charge >= 0.3 is 0 Å². The van der Waals surface area contributed by atoms with Crippen LogP contribution >= 0.6 is 0 Å². The van der Waals surface area contributed by atoms with Gasteiger partial charge in [-0.1, -0.05) is 12.1 Å². The molecule has 0 saturated carbocycles. The van der Waals surface area contributed by atoms with Gasteiger partial charge in [0.15, 0.2) is 11.5 Å². The molecule has 0 atom stereocenters. The summed E-state index contributed by atoms with van der Waals surface area (Å²) in [6, 6.07) is 11.9. The molecule has 1 aromatic carbocycles. The SMILES string of the molecule is COc1ccc(CCNCCC(=O)N2CCN(c3ccccn3)CC2)cc1OC. The molecule has 0 unspecified atom stereocenters. The van der Waals surface area contributed by atoms with Gasteiger partial charge in [-0.2, -0.15) is 0 Å². The lowest BCUT2D eigenvalue weighted by Crippen LogP contribution is -2.49. The summed E-state index contributed by atoms with van der Waals surface area (Å²) in [4.78, 5) is 21.0. The van der Waals surface area contributed by atoms with E-state index in [1.54, 1.807) is 20.4 Å². The van der Waals surface area contributed by atoms with Gasteiger partial charge in [-0.3, -0.25) is 4.79 Å². The fourth-order valence-corrected chi connectivity index (χ4v) is 3.47. The van der Waals surface area contributed by atoms with E-state index in [1.165, 1.54) is 5.56 Å². The zero-order valence-electron chi connectivity index (χ0n) is 17.3. The zero-order valence-corrected chi connectivity index (χ0v) is 17.3. The van der Waals surface area contributed by atoms with Crippen LogP contribution in [0.5, 0.6) is 11.5 Å². The first-order valence-electron chi connectivity index (χ1n) is 10.1. The number of methoxy groups -OCH3 is 2. The maximum absolute atomic E-state index is 12.4. The normalized spacial score (nSPS) is 14.0. The van der Waals surface area contributed by atoms with Crippen molar-refractivity contribution >= 4 is 11.7 Å². The van der Waals surface area contributed by atoms with Crippen molar-refractivity contribution in [3.05, 3.63) is 48.2 Å². The van der Waals surface area contributed by atoms with Crippen molar-refractivity contribution in [2.45, 2.75) is 12.8 Å². The van der Waals surface area contributed by atoms with Crippen molar-refractivity contribution in [1.82, 2.24) is 15.2 Å². The number of hydrogen-bond acceptors (Lipinski definition) is 6. The maximum Gasteiger partial charge on any atom is 0.223 e. The van der Waals surface area contributed by atoms with E-state index in [4.69, 9.17) is 9.47 Å². The molecule has 1 amide bonds. The number of ether oxygens (including phenoxy) is 2. The van der Waals surface area contributed by atoms with Crippen molar-refractivity contribution in [1.29, 1.82) is 0 Å². The number of amides is 1. The summed E-state index contributed by atoms with van der Waals surface area (Å²) in [7, 11) is 3.27. The van der Waals surface area contributed by atoms with Crippen LogP contribution in [0.2, 0.25) is 0 Å². The van der Waals surface area contributed by atoms with E-state index < -0.39 is 0 Å². The molecule has 1 aromatic heterocycles. The lowest BCUT2D eigenvalue weighted by Gasteiger charge is -2.35. The van der Waals surface area contributed by atoms with E-state index in [9.17, 15) is 4.79 Å². The third-order valence-electron chi connectivity index (χ3n) is 5.16. The number of aromatic nitrogens is 1. The molecule has 0 aliphatic carbocycles. The number of nitrogens with zero attached hydrogens (tertiary/aromatic N) is 3. The van der Waals surface area contributed by atoms with Crippen LogP contribution in [0.1, 0.15) is 12.0 Å². The van der Waals surface area contributed by atoms with Gasteiger partial charge in [0, 0.05) is 45.3 Å². The summed E-state index contributed by atoms with van der Waals surface area (Å²) in [5, 5.41) is 3.36. The van der Waals surface area contributed by atoms with Crippen LogP contribution in [0.25, 0.3) is 0 Å². The van der Waals surface area contributed by atoms with Gasteiger partial charge in [-0.15, -0.1) is 0 Å². The van der Waals surface area contributed by atoms with E-state index in [0.29, 0.717) is 13.0 Å². The van der Waals surface area contributed by atoms with Gasteiger partial charge in [0.05, 0.1) is 14.2 Å². The number of hydrogen-bond donors (Lipinski definition) is 1. The Kier molecular flexibility index (Phi) is 7.69. The maximum atomic E-state index is 12.4. The largest absolute Gasteiger partial charge is 0.493 e. The molecule has 0 radical (unpaired) electrons. The number of anilines is 1. The second-order valence-electron chi connectivity index (χ2n) is 7.00. The van der Waals surface area contributed by atoms with Gasteiger partial charge in [0.1, 0.15) is 5.82 Å². The smallest absolute Gasteiger partial charge is 0.223 e. The molecule has 0 spiro atoms. The third kappa shape index (κ3) is 5.84. The second-order valence-corrected chi connectivity index (χ2v) is 7.00. The predicted molar refractivity (Wildman–Crippen MR) is 114 cm³/mol. The average Bonchev–Trinajstić information content (AvgIpc) is 2.79. The predicted octanol–water partition coefficient (Wildman–Crippen LogP) is 1.97. The quantitative estimate of drug-likeness (QED) is 0.652. The highest BCUT2D eigenvalue weighted by molar-refractivity contribution is 5.76. The Hall–Kier alpha value is -2.80. The Balaban J connectivity index is 1.33. The lowest BCUT2D eigenvalue weighted by atomic mass is 10.1. The van der Waals surface area contributed by atoms with Crippen LogP contribution in [0.4, 0.5) is 5.82 Å². The number of pyridine rings is 1. The fourth-order valence-electron chi connectivity index (χ4n) is 3.47. The third-order valence-corrected chi connectivity index (χ3v) is 5.16. The first kappa shape index (κ1) is 20.9. The monoisotopic (exact) mass is 398 g/mol. The molecular formula is C22H30N4O3. The number of nitrogens with one attached hydrogen (secondary N) is 1. The Morgan fingerprint density at radius 2 is 1.83 bits per heavy atom. The number of carbonyl (C=O) groups is 1. The molecule has 2 heterocycles. The molecule has 7 nitrogen and oxygen atoms in total. The summed E-state index contributed by atoms with van der Waals surface area (Å²) in [5.41, 5.74) is 1.17. The molecule has 1 aliphatic rings.